The first kappa shape index (κ1) is 20.8. The molecule has 4 rings (SSSR count). The van der Waals surface area contributed by atoms with Gasteiger partial charge in [-0.15, -0.1) is 0 Å². The summed E-state index contributed by atoms with van der Waals surface area (Å²) in [7, 11) is 0. The van der Waals surface area contributed by atoms with Crippen LogP contribution in [0, 0.1) is 5.82 Å². The predicted molar refractivity (Wildman–Crippen MR) is 118 cm³/mol. The van der Waals surface area contributed by atoms with Crippen LogP contribution in [-0.4, -0.2) is 47.8 Å². The quantitative estimate of drug-likeness (QED) is 0.684. The molecule has 0 aromatic heterocycles. The number of carbonyl (C=O) groups is 2. The number of hydrogen-bond acceptors (Lipinski definition) is 3. The molecule has 0 aliphatic carbocycles. The molecule has 0 saturated carbocycles. The van der Waals surface area contributed by atoms with Crippen molar-refractivity contribution in [3.63, 3.8) is 0 Å². The monoisotopic (exact) mass is 417 g/mol. The SMILES string of the molecule is O=C(Nc1ccc(F)cc1)[C@@H](c1ccccc1)N1CCN(C(=O)c2ccccc2)CC1. The summed E-state index contributed by atoms with van der Waals surface area (Å²) in [6.45, 7) is 2.24. The topological polar surface area (TPSA) is 52.7 Å². The van der Waals surface area contributed by atoms with E-state index in [4.69, 9.17) is 0 Å². The van der Waals surface area contributed by atoms with Crippen LogP contribution in [0.3, 0.4) is 0 Å². The van der Waals surface area contributed by atoms with Crippen LogP contribution in [0.15, 0.2) is 84.9 Å². The third-order valence-electron chi connectivity index (χ3n) is 5.46. The third kappa shape index (κ3) is 4.98. The summed E-state index contributed by atoms with van der Waals surface area (Å²) in [5.74, 6) is -0.523. The second-order valence-electron chi connectivity index (χ2n) is 7.50. The minimum Gasteiger partial charge on any atom is -0.336 e. The molecule has 31 heavy (non-hydrogen) atoms. The number of benzene rings is 3. The molecule has 1 saturated heterocycles. The average Bonchev–Trinajstić information content (AvgIpc) is 2.82. The Morgan fingerprint density at radius 3 is 1.97 bits per heavy atom. The highest BCUT2D eigenvalue weighted by atomic mass is 19.1. The highest BCUT2D eigenvalue weighted by Crippen LogP contribution is 2.25. The van der Waals surface area contributed by atoms with Crippen LogP contribution >= 0.6 is 0 Å². The Morgan fingerprint density at radius 1 is 0.774 bits per heavy atom. The van der Waals surface area contributed by atoms with Gasteiger partial charge >= 0.3 is 0 Å². The van der Waals surface area contributed by atoms with Crippen molar-refractivity contribution in [3.8, 4) is 0 Å². The first-order chi connectivity index (χ1) is 15.1. The summed E-state index contributed by atoms with van der Waals surface area (Å²) in [6, 6.07) is 24.0. The van der Waals surface area contributed by atoms with Gasteiger partial charge in [-0.3, -0.25) is 14.5 Å². The number of carbonyl (C=O) groups excluding carboxylic acids is 2. The van der Waals surface area contributed by atoms with E-state index in [1.807, 2.05) is 65.6 Å². The largest absolute Gasteiger partial charge is 0.336 e. The normalized spacial score (nSPS) is 15.3. The van der Waals surface area contributed by atoms with E-state index < -0.39 is 6.04 Å². The zero-order valence-electron chi connectivity index (χ0n) is 17.1. The summed E-state index contributed by atoms with van der Waals surface area (Å²) in [6.07, 6.45) is 0. The first-order valence-corrected chi connectivity index (χ1v) is 10.3. The molecule has 0 unspecified atom stereocenters. The van der Waals surface area contributed by atoms with Crippen LogP contribution < -0.4 is 5.32 Å². The molecule has 1 atom stereocenters. The van der Waals surface area contributed by atoms with Crippen LogP contribution in [0.4, 0.5) is 10.1 Å². The van der Waals surface area contributed by atoms with Gasteiger partial charge in [0.2, 0.25) is 5.91 Å². The molecule has 1 fully saturated rings. The van der Waals surface area contributed by atoms with Crippen LogP contribution in [0.25, 0.3) is 0 Å². The molecule has 158 valence electrons. The van der Waals surface area contributed by atoms with E-state index in [9.17, 15) is 14.0 Å². The van der Waals surface area contributed by atoms with Crippen LogP contribution in [-0.2, 0) is 4.79 Å². The van der Waals surface area contributed by atoms with Gasteiger partial charge in [-0.2, -0.15) is 0 Å². The van der Waals surface area contributed by atoms with Crippen molar-refractivity contribution >= 4 is 17.5 Å². The molecule has 1 aliphatic rings. The van der Waals surface area contributed by atoms with Crippen molar-refractivity contribution in [3.05, 3.63) is 102 Å². The minimum absolute atomic E-state index is 0.00674. The zero-order chi connectivity index (χ0) is 21.6. The highest BCUT2D eigenvalue weighted by molar-refractivity contribution is 5.96. The Balaban J connectivity index is 1.48. The number of rotatable bonds is 5. The zero-order valence-corrected chi connectivity index (χ0v) is 17.1. The molecular weight excluding hydrogens is 393 g/mol. The van der Waals surface area contributed by atoms with Gasteiger partial charge in [-0.1, -0.05) is 48.5 Å². The van der Waals surface area contributed by atoms with Crippen molar-refractivity contribution < 1.29 is 14.0 Å². The van der Waals surface area contributed by atoms with E-state index in [1.165, 1.54) is 12.1 Å². The molecule has 3 aromatic rings. The van der Waals surface area contributed by atoms with Gasteiger partial charge in [-0.25, -0.2) is 4.39 Å². The fourth-order valence-electron chi connectivity index (χ4n) is 3.85. The lowest BCUT2D eigenvalue weighted by Crippen LogP contribution is -2.51. The molecule has 1 aliphatic heterocycles. The second-order valence-corrected chi connectivity index (χ2v) is 7.50. The van der Waals surface area contributed by atoms with Gasteiger partial charge in [0, 0.05) is 37.4 Å². The fourth-order valence-corrected chi connectivity index (χ4v) is 3.85. The summed E-state index contributed by atoms with van der Waals surface area (Å²) in [4.78, 5) is 29.9. The number of anilines is 1. The first-order valence-electron chi connectivity index (χ1n) is 10.3. The van der Waals surface area contributed by atoms with Gasteiger partial charge in [0.1, 0.15) is 11.9 Å². The Kier molecular flexibility index (Phi) is 6.38. The molecule has 6 heteroatoms. The Hall–Kier alpha value is -3.51. The Morgan fingerprint density at radius 2 is 1.35 bits per heavy atom. The third-order valence-corrected chi connectivity index (χ3v) is 5.46. The van der Waals surface area contributed by atoms with Crippen molar-refractivity contribution in [2.75, 3.05) is 31.5 Å². The molecule has 0 spiro atoms. The summed E-state index contributed by atoms with van der Waals surface area (Å²) >= 11 is 0. The van der Waals surface area contributed by atoms with Gasteiger partial charge < -0.3 is 10.2 Å². The molecule has 3 aromatic carbocycles. The van der Waals surface area contributed by atoms with Crippen LogP contribution in [0.1, 0.15) is 22.0 Å². The lowest BCUT2D eigenvalue weighted by Gasteiger charge is -2.38. The molecule has 2 amide bonds. The number of amides is 2. The molecule has 0 radical (unpaired) electrons. The smallest absolute Gasteiger partial charge is 0.253 e. The van der Waals surface area contributed by atoms with Gasteiger partial charge in [0.25, 0.3) is 5.91 Å². The molecule has 5 nitrogen and oxygen atoms in total. The van der Waals surface area contributed by atoms with E-state index in [0.29, 0.717) is 37.4 Å². The number of nitrogens with one attached hydrogen (secondary N) is 1. The number of halogens is 1. The van der Waals surface area contributed by atoms with E-state index in [1.54, 1.807) is 12.1 Å². The van der Waals surface area contributed by atoms with Crippen LogP contribution in [0.5, 0.6) is 0 Å². The van der Waals surface area contributed by atoms with Crippen LogP contribution in [0.2, 0.25) is 0 Å². The van der Waals surface area contributed by atoms with E-state index in [-0.39, 0.29) is 17.6 Å². The maximum absolute atomic E-state index is 13.2. The van der Waals surface area contributed by atoms with Gasteiger partial charge in [-0.05, 0) is 42.0 Å². The molecule has 1 N–H and O–H groups in total. The van der Waals surface area contributed by atoms with E-state index in [0.717, 1.165) is 5.56 Å². The van der Waals surface area contributed by atoms with Gasteiger partial charge in [0.15, 0.2) is 0 Å². The second kappa shape index (κ2) is 9.53. The number of piperazine rings is 1. The number of nitrogens with zero attached hydrogens (tertiary/aromatic N) is 2. The maximum atomic E-state index is 13.2. The fraction of sp³-hybridized carbons (Fsp3) is 0.200. The lowest BCUT2D eigenvalue weighted by molar-refractivity contribution is -0.122. The minimum atomic E-state index is -0.500. The number of hydrogen-bond donors (Lipinski definition) is 1. The average molecular weight is 417 g/mol. The maximum Gasteiger partial charge on any atom is 0.253 e. The van der Waals surface area contributed by atoms with Crippen molar-refractivity contribution in [1.29, 1.82) is 0 Å². The summed E-state index contributed by atoms with van der Waals surface area (Å²) in [5, 5.41) is 2.90. The van der Waals surface area contributed by atoms with Gasteiger partial charge in [0.05, 0.1) is 0 Å². The summed E-state index contributed by atoms with van der Waals surface area (Å²) in [5.41, 5.74) is 2.10. The van der Waals surface area contributed by atoms with Crippen molar-refractivity contribution in [2.45, 2.75) is 6.04 Å². The lowest BCUT2D eigenvalue weighted by atomic mass is 10.0. The predicted octanol–water partition coefficient (Wildman–Crippen LogP) is 3.96. The van der Waals surface area contributed by atoms with Crippen molar-refractivity contribution in [1.82, 2.24) is 9.80 Å². The Labute approximate surface area is 181 Å². The molecule has 0 bridgehead atoms. The summed E-state index contributed by atoms with van der Waals surface area (Å²) < 4.78 is 13.2. The highest BCUT2D eigenvalue weighted by Gasteiger charge is 2.32. The van der Waals surface area contributed by atoms with E-state index >= 15 is 0 Å². The Bertz CT molecular complexity index is 1020. The van der Waals surface area contributed by atoms with E-state index in [2.05, 4.69) is 10.2 Å². The standard InChI is InChI=1S/C25H24FN3O2/c26-21-11-13-22(14-12-21)27-24(30)23(19-7-3-1-4-8-19)28-15-17-29(18-16-28)25(31)20-9-5-2-6-10-20/h1-14,23H,15-18H2,(H,27,30)/t23-/m1/s1. The molecular formula is C25H24FN3O2. The molecule has 1 heterocycles. The van der Waals surface area contributed by atoms with Crippen molar-refractivity contribution in [2.24, 2.45) is 0 Å².